The number of benzene rings is 1. The van der Waals surface area contributed by atoms with Gasteiger partial charge in [0, 0.05) is 30.2 Å². The van der Waals surface area contributed by atoms with Crippen LogP contribution in [0.15, 0.2) is 23.2 Å². The van der Waals surface area contributed by atoms with Gasteiger partial charge in [-0.3, -0.25) is 24.3 Å². The van der Waals surface area contributed by atoms with Gasteiger partial charge in [0.2, 0.25) is 0 Å². The first-order chi connectivity index (χ1) is 11.9. The second-order valence-corrected chi connectivity index (χ2v) is 8.14. The van der Waals surface area contributed by atoms with E-state index in [1.54, 1.807) is 32.3 Å². The number of aromatic nitrogens is 1. The summed E-state index contributed by atoms with van der Waals surface area (Å²) in [7, 11) is 0. The van der Waals surface area contributed by atoms with Crippen molar-refractivity contribution in [3.63, 3.8) is 0 Å². The molecule has 9 heteroatoms. The van der Waals surface area contributed by atoms with E-state index >= 15 is 0 Å². The molecule has 1 amide bonds. The van der Waals surface area contributed by atoms with Crippen molar-refractivity contribution in [1.82, 2.24) is 4.57 Å². The molecule has 2 rings (SSSR count). The molecule has 0 saturated carbocycles. The van der Waals surface area contributed by atoms with Crippen molar-refractivity contribution in [2.45, 2.75) is 34.6 Å². The molecule has 0 aliphatic heterocycles. The monoisotopic (exact) mass is 395 g/mol. The molecule has 0 aliphatic rings. The number of thiazole rings is 1. The van der Waals surface area contributed by atoms with E-state index in [4.69, 9.17) is 11.6 Å². The molecular weight excluding hydrogens is 378 g/mol. The number of halogens is 1. The van der Waals surface area contributed by atoms with E-state index < -0.39 is 10.3 Å². The third kappa shape index (κ3) is 3.91. The first-order valence-corrected chi connectivity index (χ1v) is 8.89. The number of Topliss-reactive ketones (excluding diaryl/α,β-unsaturated/α-hetero) is 1. The van der Waals surface area contributed by atoms with Crippen LogP contribution in [0.5, 0.6) is 0 Å². The van der Waals surface area contributed by atoms with Crippen LogP contribution in [0.25, 0.3) is 5.69 Å². The zero-order valence-corrected chi connectivity index (χ0v) is 16.6. The fraction of sp³-hybridized carbons (Fsp3) is 0.353. The summed E-state index contributed by atoms with van der Waals surface area (Å²) in [4.78, 5) is 39.6. The van der Waals surface area contributed by atoms with Gasteiger partial charge in [-0.05, 0) is 13.0 Å². The van der Waals surface area contributed by atoms with Crippen molar-refractivity contribution < 1.29 is 14.5 Å². The molecule has 0 radical (unpaired) electrons. The predicted molar refractivity (Wildman–Crippen MR) is 100 cm³/mol. The maximum atomic E-state index is 12.4. The molecule has 1 aromatic carbocycles. The number of non-ortho nitro benzene ring substituents is 1. The summed E-state index contributed by atoms with van der Waals surface area (Å²) in [6.07, 6.45) is 0. The van der Waals surface area contributed by atoms with E-state index in [-0.39, 0.29) is 22.4 Å². The van der Waals surface area contributed by atoms with Crippen LogP contribution in [0.1, 0.15) is 43.1 Å². The number of nitro groups is 1. The molecule has 0 fully saturated rings. The molecule has 138 valence electrons. The van der Waals surface area contributed by atoms with E-state index in [0.717, 1.165) is 11.3 Å². The van der Waals surface area contributed by atoms with Gasteiger partial charge in [0.15, 0.2) is 10.6 Å². The molecule has 0 spiro atoms. The Kier molecular flexibility index (Phi) is 5.48. The third-order valence-corrected chi connectivity index (χ3v) is 5.14. The van der Waals surface area contributed by atoms with Crippen LogP contribution in [0.4, 0.5) is 5.69 Å². The Balaban J connectivity index is 2.80. The van der Waals surface area contributed by atoms with Gasteiger partial charge in [-0.1, -0.05) is 43.7 Å². The molecule has 1 heterocycles. The zero-order chi connectivity index (χ0) is 19.8. The summed E-state index contributed by atoms with van der Waals surface area (Å²) in [5.74, 6) is -0.510. The Morgan fingerprint density at radius 3 is 2.38 bits per heavy atom. The topological polar surface area (TPSA) is 94.6 Å². The molecule has 1 aromatic heterocycles. The molecule has 26 heavy (non-hydrogen) atoms. The lowest BCUT2D eigenvalue weighted by Crippen LogP contribution is -2.23. The molecule has 2 aromatic rings. The van der Waals surface area contributed by atoms with Crippen molar-refractivity contribution >= 4 is 40.3 Å². The average molecular weight is 396 g/mol. The Morgan fingerprint density at radius 1 is 1.31 bits per heavy atom. The van der Waals surface area contributed by atoms with E-state index in [2.05, 4.69) is 4.99 Å². The number of hydrogen-bond acceptors (Lipinski definition) is 5. The average Bonchev–Trinajstić information content (AvgIpc) is 2.83. The lowest BCUT2D eigenvalue weighted by molar-refractivity contribution is -0.384. The summed E-state index contributed by atoms with van der Waals surface area (Å²) in [5, 5.41) is 11.0. The van der Waals surface area contributed by atoms with Gasteiger partial charge in [-0.15, -0.1) is 0 Å². The molecule has 0 aliphatic carbocycles. The van der Waals surface area contributed by atoms with Gasteiger partial charge in [-0.25, -0.2) is 0 Å². The predicted octanol–water partition coefficient (Wildman–Crippen LogP) is 4.08. The summed E-state index contributed by atoms with van der Waals surface area (Å²) in [5.41, 5.74) is 0.145. The molecule has 0 unspecified atom stereocenters. The highest BCUT2D eigenvalue weighted by Crippen LogP contribution is 2.28. The van der Waals surface area contributed by atoms with Crippen molar-refractivity contribution in [3.8, 4) is 5.69 Å². The number of amides is 1. The highest BCUT2D eigenvalue weighted by molar-refractivity contribution is 7.11. The van der Waals surface area contributed by atoms with Crippen molar-refractivity contribution in [1.29, 1.82) is 0 Å². The van der Waals surface area contributed by atoms with Gasteiger partial charge < -0.3 is 0 Å². The van der Waals surface area contributed by atoms with Crippen LogP contribution in [-0.4, -0.2) is 21.2 Å². The SMILES string of the molecule is CC(=O)c1sc(=NC(=O)C(C)(C)C)n(-c2ccc([N+](=O)[O-])cc2Cl)c1C. The third-order valence-electron chi connectivity index (χ3n) is 3.59. The van der Waals surface area contributed by atoms with Crippen LogP contribution < -0.4 is 4.80 Å². The molecular formula is C17H18ClN3O4S. The van der Waals surface area contributed by atoms with E-state index in [9.17, 15) is 19.7 Å². The highest BCUT2D eigenvalue weighted by Gasteiger charge is 2.23. The van der Waals surface area contributed by atoms with E-state index in [0.29, 0.717) is 21.1 Å². The Hall–Kier alpha value is -2.32. The quantitative estimate of drug-likeness (QED) is 0.444. The fourth-order valence-corrected chi connectivity index (χ4v) is 3.46. The number of rotatable bonds is 3. The lowest BCUT2D eigenvalue weighted by atomic mass is 9.96. The summed E-state index contributed by atoms with van der Waals surface area (Å²) >= 11 is 7.32. The number of nitro benzene ring substituents is 1. The Bertz CT molecular complexity index is 983. The summed E-state index contributed by atoms with van der Waals surface area (Å²) in [6.45, 7) is 8.37. The minimum atomic E-state index is -0.689. The Labute approximate surface area is 159 Å². The van der Waals surface area contributed by atoms with Gasteiger partial charge in [0.1, 0.15) is 0 Å². The van der Waals surface area contributed by atoms with Crippen molar-refractivity contribution in [3.05, 3.63) is 48.7 Å². The highest BCUT2D eigenvalue weighted by atomic mass is 35.5. The first kappa shape index (κ1) is 20.0. The van der Waals surface area contributed by atoms with Crippen LogP contribution in [0, 0.1) is 22.5 Å². The number of hydrogen-bond donors (Lipinski definition) is 0. The molecule has 0 atom stereocenters. The summed E-state index contributed by atoms with van der Waals surface area (Å²) < 4.78 is 1.58. The second-order valence-electron chi connectivity index (χ2n) is 6.75. The van der Waals surface area contributed by atoms with Gasteiger partial charge in [-0.2, -0.15) is 4.99 Å². The second kappa shape index (κ2) is 7.13. The van der Waals surface area contributed by atoms with Gasteiger partial charge >= 0.3 is 0 Å². The minimum Gasteiger partial charge on any atom is -0.294 e. The largest absolute Gasteiger partial charge is 0.294 e. The Morgan fingerprint density at radius 2 is 1.92 bits per heavy atom. The van der Waals surface area contributed by atoms with Crippen molar-refractivity contribution in [2.24, 2.45) is 10.4 Å². The van der Waals surface area contributed by atoms with E-state index in [1.807, 2.05) is 0 Å². The van der Waals surface area contributed by atoms with Gasteiger partial charge in [0.25, 0.3) is 11.6 Å². The maximum absolute atomic E-state index is 12.4. The molecule has 7 nitrogen and oxygen atoms in total. The number of carbonyl (C=O) groups is 2. The van der Waals surface area contributed by atoms with Gasteiger partial charge in [0.05, 0.1) is 20.5 Å². The van der Waals surface area contributed by atoms with Crippen LogP contribution in [-0.2, 0) is 4.79 Å². The van der Waals surface area contributed by atoms with Crippen LogP contribution in [0.3, 0.4) is 0 Å². The maximum Gasteiger partial charge on any atom is 0.271 e. The number of nitrogens with zero attached hydrogens (tertiary/aromatic N) is 3. The first-order valence-electron chi connectivity index (χ1n) is 7.70. The molecule has 0 bridgehead atoms. The van der Waals surface area contributed by atoms with Crippen LogP contribution in [0.2, 0.25) is 5.02 Å². The van der Waals surface area contributed by atoms with E-state index in [1.165, 1.54) is 25.1 Å². The molecule has 0 N–H and O–H groups in total. The smallest absolute Gasteiger partial charge is 0.271 e. The minimum absolute atomic E-state index is 0.125. The zero-order valence-electron chi connectivity index (χ0n) is 15.0. The number of carbonyl (C=O) groups excluding carboxylic acids is 2. The fourth-order valence-electron chi connectivity index (χ4n) is 2.18. The summed E-state index contributed by atoms with van der Waals surface area (Å²) in [6, 6.07) is 4.02. The van der Waals surface area contributed by atoms with Crippen molar-refractivity contribution in [2.75, 3.05) is 0 Å². The lowest BCUT2D eigenvalue weighted by Gasteiger charge is -2.12. The number of ketones is 1. The molecule has 0 saturated heterocycles. The standard InChI is InChI=1S/C17H18ClN3O4S/c1-9-14(10(2)22)26-16(19-15(23)17(3,4)5)20(9)13-7-6-11(21(24)25)8-12(13)18/h6-8H,1-5H3. The normalized spacial score (nSPS) is 12.3. The van der Waals surface area contributed by atoms with Crippen LogP contribution >= 0.6 is 22.9 Å².